The molecule has 2 rings (SSSR count). The average molecular weight is 310 g/mol. The number of para-hydroxylation sites is 1. The number of nitrogens with one attached hydrogen (secondary N) is 1. The van der Waals surface area contributed by atoms with Crippen LogP contribution in [0.3, 0.4) is 0 Å². The van der Waals surface area contributed by atoms with Gasteiger partial charge in [0.05, 0.1) is 16.5 Å². The van der Waals surface area contributed by atoms with Crippen molar-refractivity contribution >= 4 is 23.4 Å². The lowest BCUT2D eigenvalue weighted by Crippen LogP contribution is -2.22. The first-order chi connectivity index (χ1) is 10.5. The molecule has 2 aromatic rings. The Hall–Kier alpha value is -2.25. The van der Waals surface area contributed by atoms with E-state index in [1.54, 1.807) is 24.3 Å². The van der Waals surface area contributed by atoms with E-state index in [1.807, 2.05) is 26.0 Å². The molecule has 4 heteroatoms. The van der Waals surface area contributed by atoms with Crippen molar-refractivity contribution in [1.82, 2.24) is 0 Å². The number of aryl methyl sites for hydroxylation is 2. The number of nitrogens with zero attached hydrogens (tertiary/aromatic N) is 1. The molecule has 1 unspecified atom stereocenters. The maximum absolute atomic E-state index is 12.3. The number of benzene rings is 2. The first kappa shape index (κ1) is 16.1. The minimum absolute atomic E-state index is 0.104. The zero-order valence-corrected chi connectivity index (χ0v) is 13.7. The SMILES string of the molecule is Cc1ccc(SC(C)C(=O)Nc2ccccc2C#N)c(C)c1. The number of rotatable bonds is 4. The number of hydrogen-bond donors (Lipinski definition) is 1. The smallest absolute Gasteiger partial charge is 0.237 e. The lowest BCUT2D eigenvalue weighted by molar-refractivity contribution is -0.115. The first-order valence-corrected chi connectivity index (χ1v) is 7.93. The van der Waals surface area contributed by atoms with Crippen LogP contribution in [0.1, 0.15) is 23.6 Å². The van der Waals surface area contributed by atoms with Crippen LogP contribution in [0.5, 0.6) is 0 Å². The van der Waals surface area contributed by atoms with Gasteiger partial charge in [0.25, 0.3) is 0 Å². The van der Waals surface area contributed by atoms with Gasteiger partial charge in [-0.1, -0.05) is 29.8 Å². The molecule has 0 radical (unpaired) electrons. The van der Waals surface area contributed by atoms with Gasteiger partial charge in [0.2, 0.25) is 5.91 Å². The molecule has 3 nitrogen and oxygen atoms in total. The number of nitriles is 1. The number of thioether (sulfide) groups is 1. The largest absolute Gasteiger partial charge is 0.324 e. The van der Waals surface area contributed by atoms with Crippen molar-refractivity contribution in [2.24, 2.45) is 0 Å². The van der Waals surface area contributed by atoms with Crippen LogP contribution in [0.15, 0.2) is 47.4 Å². The van der Waals surface area contributed by atoms with Gasteiger partial charge in [0.15, 0.2) is 0 Å². The summed E-state index contributed by atoms with van der Waals surface area (Å²) in [4.78, 5) is 13.4. The molecule has 0 fully saturated rings. The lowest BCUT2D eigenvalue weighted by Gasteiger charge is -2.14. The van der Waals surface area contributed by atoms with Gasteiger partial charge in [0, 0.05) is 4.90 Å². The molecular weight excluding hydrogens is 292 g/mol. The topological polar surface area (TPSA) is 52.9 Å². The molecule has 2 aromatic carbocycles. The Morgan fingerprint density at radius 3 is 2.64 bits per heavy atom. The highest BCUT2D eigenvalue weighted by molar-refractivity contribution is 8.00. The van der Waals surface area contributed by atoms with Crippen LogP contribution in [0, 0.1) is 25.2 Å². The van der Waals surface area contributed by atoms with Crippen LogP contribution >= 0.6 is 11.8 Å². The van der Waals surface area contributed by atoms with Crippen molar-refractivity contribution in [1.29, 1.82) is 5.26 Å². The van der Waals surface area contributed by atoms with E-state index in [0.29, 0.717) is 11.3 Å². The number of carbonyl (C=O) groups is 1. The van der Waals surface area contributed by atoms with Crippen LogP contribution in [0.2, 0.25) is 0 Å². The van der Waals surface area contributed by atoms with E-state index in [4.69, 9.17) is 5.26 Å². The maximum Gasteiger partial charge on any atom is 0.237 e. The van der Waals surface area contributed by atoms with Crippen LogP contribution < -0.4 is 5.32 Å². The fourth-order valence-electron chi connectivity index (χ4n) is 2.10. The van der Waals surface area contributed by atoms with E-state index in [9.17, 15) is 4.79 Å². The minimum Gasteiger partial charge on any atom is -0.324 e. The van der Waals surface area contributed by atoms with Gasteiger partial charge in [-0.3, -0.25) is 4.79 Å². The van der Waals surface area contributed by atoms with Crippen molar-refractivity contribution in [2.45, 2.75) is 30.9 Å². The molecular formula is C18H18N2OS. The second-order valence-electron chi connectivity index (χ2n) is 5.18. The summed E-state index contributed by atoms with van der Waals surface area (Å²) >= 11 is 1.52. The summed E-state index contributed by atoms with van der Waals surface area (Å²) < 4.78 is 0. The van der Waals surface area contributed by atoms with Crippen LogP contribution in [-0.4, -0.2) is 11.2 Å². The number of hydrogen-bond acceptors (Lipinski definition) is 3. The third-order valence-corrected chi connectivity index (χ3v) is 4.59. The summed E-state index contributed by atoms with van der Waals surface area (Å²) in [6.45, 7) is 5.97. The highest BCUT2D eigenvalue weighted by atomic mass is 32.2. The van der Waals surface area contributed by atoms with Crippen molar-refractivity contribution in [2.75, 3.05) is 5.32 Å². The van der Waals surface area contributed by atoms with E-state index in [0.717, 1.165) is 4.90 Å². The fraction of sp³-hybridized carbons (Fsp3) is 0.222. The Morgan fingerprint density at radius 2 is 1.95 bits per heavy atom. The maximum atomic E-state index is 12.3. The van der Waals surface area contributed by atoms with Gasteiger partial charge in [0.1, 0.15) is 6.07 Å². The van der Waals surface area contributed by atoms with Gasteiger partial charge in [-0.2, -0.15) is 5.26 Å². The average Bonchev–Trinajstić information content (AvgIpc) is 2.50. The Morgan fingerprint density at radius 1 is 1.23 bits per heavy atom. The summed E-state index contributed by atoms with van der Waals surface area (Å²) in [6, 6.07) is 15.3. The predicted octanol–water partition coefficient (Wildman–Crippen LogP) is 4.29. The van der Waals surface area contributed by atoms with Gasteiger partial charge in [-0.05, 0) is 44.5 Å². The second kappa shape index (κ2) is 7.15. The molecule has 22 heavy (non-hydrogen) atoms. The Kier molecular flexibility index (Phi) is 5.24. The molecule has 1 atom stereocenters. The fourth-order valence-corrected chi connectivity index (χ4v) is 3.04. The monoisotopic (exact) mass is 310 g/mol. The van der Waals surface area contributed by atoms with E-state index in [-0.39, 0.29) is 11.2 Å². The molecule has 0 aliphatic carbocycles. The Labute approximate surface area is 135 Å². The van der Waals surface area contributed by atoms with E-state index in [2.05, 4.69) is 24.4 Å². The van der Waals surface area contributed by atoms with E-state index < -0.39 is 0 Å². The predicted molar refractivity (Wildman–Crippen MR) is 91.0 cm³/mol. The zero-order chi connectivity index (χ0) is 16.1. The molecule has 0 saturated carbocycles. The molecule has 0 heterocycles. The summed E-state index contributed by atoms with van der Waals surface area (Å²) in [7, 11) is 0. The summed E-state index contributed by atoms with van der Waals surface area (Å²) in [5.41, 5.74) is 3.41. The van der Waals surface area contributed by atoms with Crippen LogP contribution in [0.4, 0.5) is 5.69 Å². The molecule has 0 aliphatic rings. The molecule has 0 bridgehead atoms. The standard InChI is InChI=1S/C18H18N2OS/c1-12-8-9-17(13(2)10-12)22-14(3)18(21)20-16-7-5-4-6-15(16)11-19/h4-10,14H,1-3H3,(H,20,21). The summed E-state index contributed by atoms with van der Waals surface area (Å²) in [5, 5.41) is 11.6. The molecule has 0 aromatic heterocycles. The third kappa shape index (κ3) is 3.90. The number of carbonyl (C=O) groups excluding carboxylic acids is 1. The van der Waals surface area contributed by atoms with Gasteiger partial charge in [-0.15, -0.1) is 11.8 Å². The van der Waals surface area contributed by atoms with Crippen molar-refractivity contribution in [3.05, 3.63) is 59.2 Å². The summed E-state index contributed by atoms with van der Waals surface area (Å²) in [6.07, 6.45) is 0. The minimum atomic E-state index is -0.242. The first-order valence-electron chi connectivity index (χ1n) is 7.05. The Bertz CT molecular complexity index is 734. The third-order valence-electron chi connectivity index (χ3n) is 3.31. The second-order valence-corrected chi connectivity index (χ2v) is 6.56. The van der Waals surface area contributed by atoms with Crippen molar-refractivity contribution in [3.63, 3.8) is 0 Å². The highest BCUT2D eigenvalue weighted by Crippen LogP contribution is 2.28. The number of amides is 1. The zero-order valence-electron chi connectivity index (χ0n) is 12.9. The van der Waals surface area contributed by atoms with Gasteiger partial charge in [-0.25, -0.2) is 0 Å². The summed E-state index contributed by atoms with van der Waals surface area (Å²) in [5.74, 6) is -0.104. The van der Waals surface area contributed by atoms with Crippen molar-refractivity contribution < 1.29 is 4.79 Å². The molecule has 1 N–H and O–H groups in total. The van der Waals surface area contributed by atoms with E-state index >= 15 is 0 Å². The molecule has 0 spiro atoms. The van der Waals surface area contributed by atoms with Crippen molar-refractivity contribution in [3.8, 4) is 6.07 Å². The van der Waals surface area contributed by atoms with Gasteiger partial charge >= 0.3 is 0 Å². The number of anilines is 1. The molecule has 1 amide bonds. The van der Waals surface area contributed by atoms with E-state index in [1.165, 1.54) is 22.9 Å². The molecule has 112 valence electrons. The quantitative estimate of drug-likeness (QED) is 0.857. The highest BCUT2D eigenvalue weighted by Gasteiger charge is 2.16. The lowest BCUT2D eigenvalue weighted by atomic mass is 10.2. The Balaban J connectivity index is 2.08. The van der Waals surface area contributed by atoms with Crippen LogP contribution in [-0.2, 0) is 4.79 Å². The van der Waals surface area contributed by atoms with Crippen LogP contribution in [0.25, 0.3) is 0 Å². The molecule has 0 saturated heterocycles. The molecule has 0 aliphatic heterocycles. The normalized spacial score (nSPS) is 11.5. The van der Waals surface area contributed by atoms with Gasteiger partial charge < -0.3 is 5.32 Å².